The quantitative estimate of drug-likeness (QED) is 0.599. The lowest BCUT2D eigenvalue weighted by Gasteiger charge is -2.24. The van der Waals surface area contributed by atoms with Crippen LogP contribution in [0.2, 0.25) is 0 Å². The normalized spacial score (nSPS) is 12.6. The van der Waals surface area contributed by atoms with Crippen molar-refractivity contribution >= 4 is 0 Å². The van der Waals surface area contributed by atoms with Crippen molar-refractivity contribution in [2.75, 3.05) is 13.2 Å². The molecule has 0 aliphatic carbocycles. The van der Waals surface area contributed by atoms with E-state index in [1.165, 1.54) is 0 Å². The van der Waals surface area contributed by atoms with E-state index >= 15 is 0 Å². The van der Waals surface area contributed by atoms with Crippen LogP contribution < -0.4 is 0 Å². The Bertz CT molecular complexity index is 81.3. The average Bonchev–Trinajstić information content (AvgIpc) is 1.81. The fourth-order valence-electron chi connectivity index (χ4n) is 0.632. The molecule has 0 atom stereocenters. The van der Waals surface area contributed by atoms with E-state index in [9.17, 15) is 0 Å². The third-order valence-electron chi connectivity index (χ3n) is 0.927. The molecule has 0 aliphatic heterocycles. The van der Waals surface area contributed by atoms with E-state index < -0.39 is 6.10 Å². The molecule has 0 fully saturated rings. The maximum Gasteiger partial charge on any atom is 0.104 e. The summed E-state index contributed by atoms with van der Waals surface area (Å²) in [7, 11) is 0. The first-order valence-corrected chi connectivity index (χ1v) is 3.39. The lowest BCUT2D eigenvalue weighted by molar-refractivity contribution is -0.0984. The van der Waals surface area contributed by atoms with E-state index in [-0.39, 0.29) is 18.8 Å². The molecule has 0 bridgehead atoms. The molecular weight excluding hydrogens is 132 g/mol. The summed E-state index contributed by atoms with van der Waals surface area (Å²) in [6.45, 7) is 5.38. The summed E-state index contributed by atoms with van der Waals surface area (Å²) >= 11 is 0. The molecule has 0 saturated heterocycles. The fraction of sp³-hybridized carbons (Fsp3) is 1.00. The van der Waals surface area contributed by atoms with Crippen LogP contribution in [0, 0.1) is 0 Å². The van der Waals surface area contributed by atoms with Crippen LogP contribution in [0.1, 0.15) is 20.8 Å². The fourth-order valence-corrected chi connectivity index (χ4v) is 0.632. The Morgan fingerprint density at radius 2 is 1.60 bits per heavy atom. The summed E-state index contributed by atoms with van der Waals surface area (Å²) in [4.78, 5) is 0. The van der Waals surface area contributed by atoms with Crippen LogP contribution in [0.25, 0.3) is 0 Å². The second kappa shape index (κ2) is 3.91. The molecule has 0 amide bonds. The van der Waals surface area contributed by atoms with E-state index in [0.29, 0.717) is 0 Å². The molecule has 10 heavy (non-hydrogen) atoms. The first-order chi connectivity index (χ1) is 4.49. The maximum atomic E-state index is 8.60. The number of ether oxygens (including phenoxy) is 1. The summed E-state index contributed by atoms with van der Waals surface area (Å²) in [6.07, 6.45) is -0.444. The van der Waals surface area contributed by atoms with Gasteiger partial charge < -0.3 is 14.9 Å². The Morgan fingerprint density at radius 1 is 1.20 bits per heavy atom. The van der Waals surface area contributed by atoms with Crippen molar-refractivity contribution < 1.29 is 14.9 Å². The Hall–Kier alpha value is -0.120. The number of aliphatic hydroxyl groups excluding tert-OH is 2. The smallest absolute Gasteiger partial charge is 0.104 e. The molecule has 0 radical (unpaired) electrons. The molecule has 0 rings (SSSR count). The third-order valence-corrected chi connectivity index (χ3v) is 0.927. The van der Waals surface area contributed by atoms with E-state index in [1.54, 1.807) is 0 Å². The van der Waals surface area contributed by atoms with Crippen molar-refractivity contribution in [1.82, 2.24) is 0 Å². The molecule has 0 heterocycles. The first kappa shape index (κ1) is 9.88. The lowest BCUT2D eigenvalue weighted by atomic mass is 10.2. The van der Waals surface area contributed by atoms with Gasteiger partial charge >= 0.3 is 0 Å². The zero-order chi connectivity index (χ0) is 8.20. The van der Waals surface area contributed by atoms with E-state index in [2.05, 4.69) is 0 Å². The van der Waals surface area contributed by atoms with E-state index in [4.69, 9.17) is 14.9 Å². The van der Waals surface area contributed by atoms with Crippen molar-refractivity contribution in [3.63, 3.8) is 0 Å². The van der Waals surface area contributed by atoms with Gasteiger partial charge in [-0.3, -0.25) is 0 Å². The Balaban J connectivity index is 3.63. The minimum absolute atomic E-state index is 0.131. The molecule has 0 unspecified atom stereocenters. The van der Waals surface area contributed by atoms with Crippen LogP contribution >= 0.6 is 0 Å². The number of hydrogen-bond donors (Lipinski definition) is 2. The van der Waals surface area contributed by atoms with Gasteiger partial charge in [0.25, 0.3) is 0 Å². The molecule has 62 valence electrons. The van der Waals surface area contributed by atoms with E-state index in [1.807, 2.05) is 20.8 Å². The second-order valence-corrected chi connectivity index (χ2v) is 3.22. The average molecular weight is 148 g/mol. The summed E-state index contributed by atoms with van der Waals surface area (Å²) in [5, 5.41) is 17.2. The van der Waals surface area contributed by atoms with Gasteiger partial charge in [-0.1, -0.05) is 0 Å². The molecular formula is C7H16O3. The van der Waals surface area contributed by atoms with Crippen LogP contribution in [-0.2, 0) is 4.74 Å². The van der Waals surface area contributed by atoms with Crippen molar-refractivity contribution in [2.45, 2.75) is 32.5 Å². The minimum atomic E-state index is -0.444. The lowest BCUT2D eigenvalue weighted by Crippen LogP contribution is -2.32. The highest BCUT2D eigenvalue weighted by atomic mass is 16.5. The van der Waals surface area contributed by atoms with Crippen molar-refractivity contribution in [3.05, 3.63) is 0 Å². The summed E-state index contributed by atoms with van der Waals surface area (Å²) in [5.41, 5.74) is -0.296. The van der Waals surface area contributed by atoms with Gasteiger partial charge in [0.1, 0.15) is 6.10 Å². The van der Waals surface area contributed by atoms with Gasteiger partial charge in [0.05, 0.1) is 18.8 Å². The number of hydrogen-bond acceptors (Lipinski definition) is 3. The largest absolute Gasteiger partial charge is 0.394 e. The zero-order valence-corrected chi connectivity index (χ0v) is 6.79. The molecule has 3 heteroatoms. The van der Waals surface area contributed by atoms with Gasteiger partial charge in [0.2, 0.25) is 0 Å². The van der Waals surface area contributed by atoms with Crippen LogP contribution in [0.3, 0.4) is 0 Å². The summed E-state index contributed by atoms with van der Waals surface area (Å²) < 4.78 is 5.24. The minimum Gasteiger partial charge on any atom is -0.394 e. The Labute approximate surface area is 61.6 Å². The molecule has 2 N–H and O–H groups in total. The first-order valence-electron chi connectivity index (χ1n) is 3.39. The van der Waals surface area contributed by atoms with Crippen molar-refractivity contribution in [1.29, 1.82) is 0 Å². The molecule has 0 aliphatic rings. The number of rotatable bonds is 3. The Kier molecular flexibility index (Phi) is 3.86. The highest BCUT2D eigenvalue weighted by molar-refractivity contribution is 4.64. The van der Waals surface area contributed by atoms with Crippen LogP contribution in [0.5, 0.6) is 0 Å². The van der Waals surface area contributed by atoms with Crippen LogP contribution in [0.4, 0.5) is 0 Å². The zero-order valence-electron chi connectivity index (χ0n) is 6.79. The van der Waals surface area contributed by atoms with Crippen molar-refractivity contribution in [3.8, 4) is 0 Å². The molecule has 0 aromatic heterocycles. The second-order valence-electron chi connectivity index (χ2n) is 3.22. The van der Waals surface area contributed by atoms with Crippen LogP contribution in [0.15, 0.2) is 0 Å². The van der Waals surface area contributed by atoms with Crippen molar-refractivity contribution in [2.24, 2.45) is 0 Å². The Morgan fingerprint density at radius 3 is 1.70 bits per heavy atom. The molecule has 0 spiro atoms. The number of aliphatic hydroxyl groups is 2. The van der Waals surface area contributed by atoms with Gasteiger partial charge in [-0.25, -0.2) is 0 Å². The maximum absolute atomic E-state index is 8.60. The van der Waals surface area contributed by atoms with Gasteiger partial charge in [-0.2, -0.15) is 0 Å². The van der Waals surface area contributed by atoms with E-state index in [0.717, 1.165) is 0 Å². The SMILES string of the molecule is CC(C)(C)OC(CO)CO. The molecule has 0 aromatic rings. The molecule has 3 nitrogen and oxygen atoms in total. The monoisotopic (exact) mass is 148 g/mol. The third kappa shape index (κ3) is 4.73. The molecule has 0 aromatic carbocycles. The summed E-state index contributed by atoms with van der Waals surface area (Å²) in [6, 6.07) is 0. The molecule has 0 saturated carbocycles. The predicted octanol–water partition coefficient (Wildman–Crippen LogP) is 0.155. The van der Waals surface area contributed by atoms with Gasteiger partial charge in [0, 0.05) is 0 Å². The topological polar surface area (TPSA) is 49.7 Å². The highest BCUT2D eigenvalue weighted by Crippen LogP contribution is 2.09. The van der Waals surface area contributed by atoms with Gasteiger partial charge in [-0.15, -0.1) is 0 Å². The van der Waals surface area contributed by atoms with Gasteiger partial charge in [0.15, 0.2) is 0 Å². The van der Waals surface area contributed by atoms with Gasteiger partial charge in [-0.05, 0) is 20.8 Å². The standard InChI is InChI=1S/C7H16O3/c1-7(2,3)10-6(4-8)5-9/h6,8-9H,4-5H2,1-3H3. The van der Waals surface area contributed by atoms with Crippen LogP contribution in [-0.4, -0.2) is 35.1 Å². The summed E-state index contributed by atoms with van der Waals surface area (Å²) in [5.74, 6) is 0. The predicted molar refractivity (Wildman–Crippen MR) is 38.8 cm³/mol. The highest BCUT2D eigenvalue weighted by Gasteiger charge is 2.16.